The number of hydrogen-bond acceptors (Lipinski definition) is 2. The molecule has 0 radical (unpaired) electrons. The lowest BCUT2D eigenvalue weighted by atomic mass is 10.1. The van der Waals surface area contributed by atoms with Gasteiger partial charge in [0, 0.05) is 12.6 Å². The van der Waals surface area contributed by atoms with Gasteiger partial charge in [0.2, 0.25) is 0 Å². The van der Waals surface area contributed by atoms with Gasteiger partial charge in [0.15, 0.2) is 0 Å². The summed E-state index contributed by atoms with van der Waals surface area (Å²) in [6.07, 6.45) is 2.65. The van der Waals surface area contributed by atoms with Crippen LogP contribution in [0.1, 0.15) is 33.6 Å². The molecule has 0 aromatic rings. The highest BCUT2D eigenvalue weighted by Crippen LogP contribution is 2.05. The van der Waals surface area contributed by atoms with E-state index in [1.807, 2.05) is 0 Å². The van der Waals surface area contributed by atoms with Crippen molar-refractivity contribution < 1.29 is 0 Å². The Kier molecular flexibility index (Phi) is 4.74. The third kappa shape index (κ3) is 4.63. The van der Waals surface area contributed by atoms with E-state index in [9.17, 15) is 0 Å². The first-order valence-electron chi connectivity index (χ1n) is 5.64. The van der Waals surface area contributed by atoms with Crippen LogP contribution in [0, 0.1) is 5.92 Å². The van der Waals surface area contributed by atoms with E-state index in [0.717, 1.165) is 5.92 Å². The minimum Gasteiger partial charge on any atom is -0.313 e. The first kappa shape index (κ1) is 11.0. The van der Waals surface area contributed by atoms with Gasteiger partial charge in [0.25, 0.3) is 0 Å². The standard InChI is InChI=1S/C11H24N2/c1-10(2)5-8-13-7-4-6-12-11(3)9-13/h10-12H,4-9H2,1-3H3. The average molecular weight is 184 g/mol. The minimum atomic E-state index is 0.676. The molecule has 0 spiro atoms. The SMILES string of the molecule is CC(C)CCN1CCCNC(C)C1. The van der Waals surface area contributed by atoms with E-state index in [4.69, 9.17) is 0 Å². The molecule has 1 unspecified atom stereocenters. The topological polar surface area (TPSA) is 15.3 Å². The molecule has 0 saturated carbocycles. The molecule has 13 heavy (non-hydrogen) atoms. The van der Waals surface area contributed by atoms with Crippen LogP contribution in [-0.2, 0) is 0 Å². The molecule has 0 aromatic carbocycles. The van der Waals surface area contributed by atoms with Crippen LogP contribution in [-0.4, -0.2) is 37.1 Å². The van der Waals surface area contributed by atoms with Gasteiger partial charge in [0.05, 0.1) is 0 Å². The Labute approximate surface area is 82.7 Å². The molecule has 0 aromatic heterocycles. The number of rotatable bonds is 3. The van der Waals surface area contributed by atoms with E-state index >= 15 is 0 Å². The fourth-order valence-corrected chi connectivity index (χ4v) is 1.84. The second-order valence-corrected chi connectivity index (χ2v) is 4.69. The van der Waals surface area contributed by atoms with Gasteiger partial charge in [-0.1, -0.05) is 13.8 Å². The second kappa shape index (κ2) is 5.61. The van der Waals surface area contributed by atoms with Crippen LogP contribution in [0.5, 0.6) is 0 Å². The van der Waals surface area contributed by atoms with Crippen molar-refractivity contribution in [3.8, 4) is 0 Å². The van der Waals surface area contributed by atoms with Gasteiger partial charge in [-0.2, -0.15) is 0 Å². The van der Waals surface area contributed by atoms with Crippen molar-refractivity contribution in [2.24, 2.45) is 5.92 Å². The lowest BCUT2D eigenvalue weighted by molar-refractivity contribution is 0.257. The van der Waals surface area contributed by atoms with E-state index < -0.39 is 0 Å². The Bertz CT molecular complexity index is 134. The normalized spacial score (nSPS) is 26.3. The van der Waals surface area contributed by atoms with E-state index in [-0.39, 0.29) is 0 Å². The summed E-state index contributed by atoms with van der Waals surface area (Å²) in [7, 11) is 0. The Morgan fingerprint density at radius 1 is 1.46 bits per heavy atom. The molecule has 1 saturated heterocycles. The molecule has 2 heteroatoms. The summed E-state index contributed by atoms with van der Waals surface area (Å²) in [5.74, 6) is 0.839. The van der Waals surface area contributed by atoms with Crippen LogP contribution in [0.2, 0.25) is 0 Å². The zero-order valence-electron chi connectivity index (χ0n) is 9.34. The molecule has 1 atom stereocenters. The van der Waals surface area contributed by atoms with Gasteiger partial charge in [-0.3, -0.25) is 0 Å². The monoisotopic (exact) mass is 184 g/mol. The maximum atomic E-state index is 3.52. The molecule has 78 valence electrons. The van der Waals surface area contributed by atoms with Crippen LogP contribution in [0.25, 0.3) is 0 Å². The van der Waals surface area contributed by atoms with Gasteiger partial charge in [-0.05, 0) is 45.3 Å². The average Bonchev–Trinajstić information content (AvgIpc) is 2.26. The highest BCUT2D eigenvalue weighted by molar-refractivity contribution is 4.72. The molecule has 2 nitrogen and oxygen atoms in total. The Hall–Kier alpha value is -0.0800. The fraction of sp³-hybridized carbons (Fsp3) is 1.00. The van der Waals surface area contributed by atoms with Crippen LogP contribution >= 0.6 is 0 Å². The van der Waals surface area contributed by atoms with Crippen molar-refractivity contribution in [3.05, 3.63) is 0 Å². The summed E-state index contributed by atoms with van der Waals surface area (Å²) in [5, 5.41) is 3.52. The highest BCUT2D eigenvalue weighted by Gasteiger charge is 2.13. The quantitative estimate of drug-likeness (QED) is 0.718. The van der Waals surface area contributed by atoms with Gasteiger partial charge in [0.1, 0.15) is 0 Å². The first-order valence-corrected chi connectivity index (χ1v) is 5.64. The number of hydrogen-bond donors (Lipinski definition) is 1. The minimum absolute atomic E-state index is 0.676. The third-order valence-corrected chi connectivity index (χ3v) is 2.70. The maximum absolute atomic E-state index is 3.52. The lowest BCUT2D eigenvalue weighted by Crippen LogP contribution is -2.36. The maximum Gasteiger partial charge on any atom is 0.0166 e. The van der Waals surface area contributed by atoms with Crippen LogP contribution < -0.4 is 5.32 Å². The summed E-state index contributed by atoms with van der Waals surface area (Å²) < 4.78 is 0. The van der Waals surface area contributed by atoms with Gasteiger partial charge >= 0.3 is 0 Å². The Morgan fingerprint density at radius 2 is 2.23 bits per heavy atom. The molecule has 1 N–H and O–H groups in total. The van der Waals surface area contributed by atoms with Crippen molar-refractivity contribution in [1.29, 1.82) is 0 Å². The molecule has 0 aliphatic carbocycles. The van der Waals surface area contributed by atoms with Crippen molar-refractivity contribution in [2.75, 3.05) is 26.2 Å². The second-order valence-electron chi connectivity index (χ2n) is 4.69. The third-order valence-electron chi connectivity index (χ3n) is 2.70. The predicted octanol–water partition coefficient (Wildman–Crippen LogP) is 1.72. The smallest absolute Gasteiger partial charge is 0.0166 e. The van der Waals surface area contributed by atoms with Gasteiger partial charge in [-0.25, -0.2) is 0 Å². The molecular formula is C11H24N2. The highest BCUT2D eigenvalue weighted by atomic mass is 15.2. The zero-order valence-corrected chi connectivity index (χ0v) is 9.34. The van der Waals surface area contributed by atoms with Crippen molar-refractivity contribution >= 4 is 0 Å². The van der Waals surface area contributed by atoms with Crippen molar-refractivity contribution in [1.82, 2.24) is 10.2 Å². The number of nitrogens with one attached hydrogen (secondary N) is 1. The molecule has 0 amide bonds. The summed E-state index contributed by atoms with van der Waals surface area (Å²) in [5.41, 5.74) is 0. The summed E-state index contributed by atoms with van der Waals surface area (Å²) in [4.78, 5) is 2.60. The first-order chi connectivity index (χ1) is 6.18. The van der Waals surface area contributed by atoms with Crippen molar-refractivity contribution in [3.63, 3.8) is 0 Å². The lowest BCUT2D eigenvalue weighted by Gasteiger charge is -2.22. The van der Waals surface area contributed by atoms with Crippen molar-refractivity contribution in [2.45, 2.75) is 39.7 Å². The molecule has 1 heterocycles. The summed E-state index contributed by atoms with van der Waals surface area (Å²) in [6.45, 7) is 11.9. The number of nitrogens with zero attached hydrogens (tertiary/aromatic N) is 1. The van der Waals surface area contributed by atoms with E-state index in [2.05, 4.69) is 31.0 Å². The van der Waals surface area contributed by atoms with Crippen LogP contribution in [0.15, 0.2) is 0 Å². The molecule has 1 fully saturated rings. The van der Waals surface area contributed by atoms with E-state index in [1.165, 1.54) is 39.0 Å². The van der Waals surface area contributed by atoms with E-state index in [0.29, 0.717) is 6.04 Å². The summed E-state index contributed by atoms with van der Waals surface area (Å²) >= 11 is 0. The van der Waals surface area contributed by atoms with E-state index in [1.54, 1.807) is 0 Å². The predicted molar refractivity (Wildman–Crippen MR) is 58.0 cm³/mol. The summed E-state index contributed by atoms with van der Waals surface area (Å²) in [6, 6.07) is 0.676. The largest absolute Gasteiger partial charge is 0.313 e. The molecular weight excluding hydrogens is 160 g/mol. The molecule has 1 aliphatic heterocycles. The van der Waals surface area contributed by atoms with Gasteiger partial charge < -0.3 is 10.2 Å². The van der Waals surface area contributed by atoms with Crippen LogP contribution in [0.4, 0.5) is 0 Å². The fourth-order valence-electron chi connectivity index (χ4n) is 1.84. The Morgan fingerprint density at radius 3 is 2.92 bits per heavy atom. The zero-order chi connectivity index (χ0) is 9.68. The van der Waals surface area contributed by atoms with Crippen LogP contribution in [0.3, 0.4) is 0 Å². The van der Waals surface area contributed by atoms with Gasteiger partial charge in [-0.15, -0.1) is 0 Å². The Balaban J connectivity index is 2.22. The molecule has 1 aliphatic rings. The molecule has 1 rings (SSSR count). The molecule has 0 bridgehead atoms.